The summed E-state index contributed by atoms with van der Waals surface area (Å²) in [5.74, 6) is -0.108. The number of nitrogens with zero attached hydrogens (tertiary/aromatic N) is 4. The third-order valence-electron chi connectivity index (χ3n) is 3.76. The molecule has 106 valence electrons. The molecule has 1 aliphatic carbocycles. The molecule has 0 amide bonds. The lowest BCUT2D eigenvalue weighted by molar-refractivity contribution is 0.0113. The van der Waals surface area contributed by atoms with Crippen LogP contribution in [-0.2, 0) is 6.54 Å². The Labute approximate surface area is 116 Å². The maximum absolute atomic E-state index is 9.91. The molecule has 2 aromatic heterocycles. The Hall–Kier alpha value is -1.83. The first-order chi connectivity index (χ1) is 9.65. The molecule has 4 N–H and O–H groups in total. The summed E-state index contributed by atoms with van der Waals surface area (Å²) in [6, 6.07) is 3.37. The minimum absolute atomic E-state index is 0.108. The fourth-order valence-electron chi connectivity index (χ4n) is 2.62. The van der Waals surface area contributed by atoms with E-state index in [0.29, 0.717) is 13.0 Å². The number of aliphatic hydroxyl groups excluding tert-OH is 2. The van der Waals surface area contributed by atoms with Crippen molar-refractivity contribution >= 4 is 0 Å². The van der Waals surface area contributed by atoms with Crippen LogP contribution in [0, 0.1) is 5.92 Å². The highest BCUT2D eigenvalue weighted by molar-refractivity contribution is 5.55. The fraction of sp³-hybridized carbons (Fsp3) is 0.462. The van der Waals surface area contributed by atoms with Gasteiger partial charge in [0.25, 0.3) is 0 Å². The summed E-state index contributed by atoms with van der Waals surface area (Å²) in [6.07, 6.45) is 4.13. The van der Waals surface area contributed by atoms with Gasteiger partial charge in [-0.25, -0.2) is 0 Å². The Morgan fingerprint density at radius 3 is 2.85 bits per heavy atom. The van der Waals surface area contributed by atoms with Gasteiger partial charge in [-0.15, -0.1) is 5.10 Å². The number of hydrogen-bond donors (Lipinski definition) is 3. The Morgan fingerprint density at radius 1 is 1.35 bits per heavy atom. The molecule has 1 fully saturated rings. The van der Waals surface area contributed by atoms with Gasteiger partial charge in [-0.05, 0) is 18.6 Å². The number of nitrogens with two attached hydrogens (primary N) is 1. The summed E-state index contributed by atoms with van der Waals surface area (Å²) in [7, 11) is 0. The van der Waals surface area contributed by atoms with Gasteiger partial charge in [-0.2, -0.15) is 0 Å². The van der Waals surface area contributed by atoms with Crippen LogP contribution < -0.4 is 5.73 Å². The first-order valence-electron chi connectivity index (χ1n) is 6.57. The molecule has 4 atom stereocenters. The van der Waals surface area contributed by atoms with Gasteiger partial charge >= 0.3 is 0 Å². The summed E-state index contributed by atoms with van der Waals surface area (Å²) < 4.78 is 1.67. The van der Waals surface area contributed by atoms with Crippen molar-refractivity contribution in [3.8, 4) is 11.3 Å². The molecule has 0 radical (unpaired) electrons. The van der Waals surface area contributed by atoms with Crippen molar-refractivity contribution in [2.45, 2.75) is 31.2 Å². The molecule has 0 aliphatic heterocycles. The Bertz CT molecular complexity index is 573. The van der Waals surface area contributed by atoms with Gasteiger partial charge in [-0.3, -0.25) is 9.67 Å². The van der Waals surface area contributed by atoms with Crippen molar-refractivity contribution in [3.63, 3.8) is 0 Å². The Kier molecular flexibility index (Phi) is 3.47. The molecule has 2 heterocycles. The van der Waals surface area contributed by atoms with Gasteiger partial charge < -0.3 is 15.9 Å². The number of pyridine rings is 1. The van der Waals surface area contributed by atoms with Crippen LogP contribution in [-0.4, -0.2) is 48.4 Å². The first kappa shape index (κ1) is 13.2. The molecule has 0 aromatic carbocycles. The van der Waals surface area contributed by atoms with E-state index in [4.69, 9.17) is 5.73 Å². The lowest BCUT2D eigenvalue weighted by atomic mass is 10.1. The van der Waals surface area contributed by atoms with E-state index >= 15 is 0 Å². The van der Waals surface area contributed by atoms with E-state index in [1.165, 1.54) is 0 Å². The molecule has 0 bridgehead atoms. The second-order valence-electron chi connectivity index (χ2n) is 5.21. The number of hydrogen-bond acceptors (Lipinski definition) is 6. The topological polar surface area (TPSA) is 110 Å². The van der Waals surface area contributed by atoms with Crippen molar-refractivity contribution in [1.82, 2.24) is 20.0 Å². The molecule has 2 aromatic rings. The number of aliphatic hydroxyl groups is 2. The van der Waals surface area contributed by atoms with Crippen LogP contribution in [0.2, 0.25) is 0 Å². The largest absolute Gasteiger partial charge is 0.390 e. The van der Waals surface area contributed by atoms with Gasteiger partial charge in [0.05, 0.1) is 18.4 Å². The highest BCUT2D eigenvalue weighted by Crippen LogP contribution is 2.27. The first-order valence-corrected chi connectivity index (χ1v) is 6.57. The van der Waals surface area contributed by atoms with Crippen LogP contribution in [0.4, 0.5) is 0 Å². The summed E-state index contributed by atoms with van der Waals surface area (Å²) in [5.41, 5.74) is 7.37. The van der Waals surface area contributed by atoms with Gasteiger partial charge in [0, 0.05) is 36.5 Å². The molecule has 0 spiro atoms. The van der Waals surface area contributed by atoms with Crippen LogP contribution in [0.1, 0.15) is 6.42 Å². The maximum Gasteiger partial charge on any atom is 0.114 e. The smallest absolute Gasteiger partial charge is 0.114 e. The van der Waals surface area contributed by atoms with Crippen molar-refractivity contribution in [2.24, 2.45) is 11.7 Å². The molecular formula is C13H17N5O2. The average molecular weight is 275 g/mol. The zero-order valence-corrected chi connectivity index (χ0v) is 10.9. The van der Waals surface area contributed by atoms with Crippen LogP contribution in [0.25, 0.3) is 11.3 Å². The van der Waals surface area contributed by atoms with Crippen LogP contribution >= 0.6 is 0 Å². The van der Waals surface area contributed by atoms with Crippen molar-refractivity contribution in [3.05, 3.63) is 30.7 Å². The molecule has 1 saturated carbocycles. The third-order valence-corrected chi connectivity index (χ3v) is 3.76. The van der Waals surface area contributed by atoms with Crippen LogP contribution in [0.5, 0.6) is 0 Å². The number of aromatic nitrogens is 4. The molecule has 20 heavy (non-hydrogen) atoms. The summed E-state index contributed by atoms with van der Waals surface area (Å²) in [4.78, 5) is 4.04. The number of rotatable bonds is 3. The molecule has 3 rings (SSSR count). The van der Waals surface area contributed by atoms with E-state index in [1.54, 1.807) is 23.3 Å². The predicted octanol–water partition coefficient (Wildman–Crippen LogP) is -0.591. The normalized spacial score (nSPS) is 29.8. The summed E-state index contributed by atoms with van der Waals surface area (Å²) >= 11 is 0. The van der Waals surface area contributed by atoms with E-state index in [2.05, 4.69) is 15.3 Å². The van der Waals surface area contributed by atoms with Crippen LogP contribution in [0.3, 0.4) is 0 Å². The molecule has 1 aliphatic rings. The predicted molar refractivity (Wildman–Crippen MR) is 71.3 cm³/mol. The monoisotopic (exact) mass is 275 g/mol. The van der Waals surface area contributed by atoms with Gasteiger partial charge in [0.2, 0.25) is 0 Å². The van der Waals surface area contributed by atoms with E-state index in [-0.39, 0.29) is 12.0 Å². The maximum atomic E-state index is 9.91. The quantitative estimate of drug-likeness (QED) is 0.690. The Morgan fingerprint density at radius 2 is 2.20 bits per heavy atom. The van der Waals surface area contributed by atoms with Crippen molar-refractivity contribution in [2.75, 3.05) is 0 Å². The molecule has 0 saturated heterocycles. The van der Waals surface area contributed by atoms with Crippen molar-refractivity contribution in [1.29, 1.82) is 0 Å². The van der Waals surface area contributed by atoms with Gasteiger partial charge in [0.1, 0.15) is 5.69 Å². The lowest BCUT2D eigenvalue weighted by Gasteiger charge is -2.15. The van der Waals surface area contributed by atoms with Crippen LogP contribution in [0.15, 0.2) is 30.7 Å². The van der Waals surface area contributed by atoms with E-state index in [9.17, 15) is 10.2 Å². The second kappa shape index (κ2) is 5.28. The molecule has 0 unspecified atom stereocenters. The SMILES string of the molecule is N[C@H]1C[C@H](Cn2cc(-c3cccnc3)nn2)[C@@H](O)[C@H]1O. The average Bonchev–Trinajstić information content (AvgIpc) is 3.02. The summed E-state index contributed by atoms with van der Waals surface area (Å²) in [6.45, 7) is 0.485. The zero-order valence-electron chi connectivity index (χ0n) is 10.9. The Balaban J connectivity index is 1.72. The molecular weight excluding hydrogens is 258 g/mol. The highest BCUT2D eigenvalue weighted by atomic mass is 16.3. The second-order valence-corrected chi connectivity index (χ2v) is 5.21. The van der Waals surface area contributed by atoms with E-state index in [0.717, 1.165) is 11.3 Å². The third kappa shape index (κ3) is 2.43. The van der Waals surface area contributed by atoms with Gasteiger partial charge in [-0.1, -0.05) is 5.21 Å². The summed E-state index contributed by atoms with van der Waals surface area (Å²) in [5, 5.41) is 27.7. The molecule has 7 nitrogen and oxygen atoms in total. The minimum atomic E-state index is -0.860. The molecule has 7 heteroatoms. The fourth-order valence-corrected chi connectivity index (χ4v) is 2.62. The van der Waals surface area contributed by atoms with Crippen molar-refractivity contribution < 1.29 is 10.2 Å². The lowest BCUT2D eigenvalue weighted by Crippen LogP contribution is -2.36. The van der Waals surface area contributed by atoms with Gasteiger partial charge in [0.15, 0.2) is 0 Å². The highest BCUT2D eigenvalue weighted by Gasteiger charge is 2.39. The minimum Gasteiger partial charge on any atom is -0.390 e. The zero-order chi connectivity index (χ0) is 14.1. The van der Waals surface area contributed by atoms with E-state index < -0.39 is 12.2 Å². The van der Waals surface area contributed by atoms with E-state index in [1.807, 2.05) is 12.1 Å². The standard InChI is InChI=1S/C13H17N5O2/c14-10-4-9(12(19)13(10)20)6-18-7-11(16-17-18)8-2-1-3-15-5-8/h1-3,5,7,9-10,12-13,19-20H,4,6,14H2/t9-,10+,12-,13+/m1/s1.